The summed E-state index contributed by atoms with van der Waals surface area (Å²) in [6, 6.07) is 25.3. The van der Waals surface area contributed by atoms with Gasteiger partial charge in [-0.25, -0.2) is 0 Å². The zero-order valence-corrected chi connectivity index (χ0v) is 20.2. The number of hydrogen-bond acceptors (Lipinski definition) is 3. The molecule has 1 aliphatic heterocycles. The lowest BCUT2D eigenvalue weighted by atomic mass is 9.93. The number of methoxy groups -OCH3 is 1. The lowest BCUT2D eigenvalue weighted by Gasteiger charge is -2.44. The summed E-state index contributed by atoms with van der Waals surface area (Å²) in [6.45, 7) is 4.58. The van der Waals surface area contributed by atoms with Gasteiger partial charge in [0, 0.05) is 28.7 Å². The molecule has 1 N–H and O–H groups in total. The van der Waals surface area contributed by atoms with Crippen LogP contribution in [0.3, 0.4) is 0 Å². The fourth-order valence-corrected chi connectivity index (χ4v) is 4.95. The molecule has 178 valence electrons. The number of anilines is 1. The molecule has 0 radical (unpaired) electrons. The Morgan fingerprint density at radius 3 is 2.49 bits per heavy atom. The summed E-state index contributed by atoms with van der Waals surface area (Å²) in [7, 11) is 1.61. The second kappa shape index (κ2) is 8.95. The van der Waals surface area contributed by atoms with Crippen LogP contribution in [0, 0.1) is 0 Å². The number of aromatic nitrogens is 1. The van der Waals surface area contributed by atoms with Crippen molar-refractivity contribution in [3.63, 3.8) is 0 Å². The van der Waals surface area contributed by atoms with E-state index in [1.807, 2.05) is 90.4 Å². The molecule has 0 saturated carbocycles. The summed E-state index contributed by atoms with van der Waals surface area (Å²) in [5, 5.41) is 4.05. The van der Waals surface area contributed by atoms with Crippen molar-refractivity contribution in [2.24, 2.45) is 0 Å². The van der Waals surface area contributed by atoms with E-state index >= 15 is 0 Å². The minimum Gasteiger partial charge on any atom is -0.496 e. The molecule has 0 saturated heterocycles. The number of ether oxygens (including phenoxy) is 1. The van der Waals surface area contributed by atoms with E-state index in [2.05, 4.69) is 12.2 Å². The normalized spacial score (nSPS) is 17.3. The van der Waals surface area contributed by atoms with Crippen LogP contribution in [0.5, 0.6) is 5.75 Å². The first-order valence-corrected chi connectivity index (χ1v) is 11.9. The van der Waals surface area contributed by atoms with E-state index in [1.165, 1.54) is 5.56 Å². The largest absolute Gasteiger partial charge is 0.496 e. The average Bonchev–Trinajstić information content (AvgIpc) is 3.26. The number of rotatable bonds is 6. The van der Waals surface area contributed by atoms with Crippen molar-refractivity contribution in [1.82, 2.24) is 9.88 Å². The highest BCUT2D eigenvalue weighted by Gasteiger charge is 2.48. The quantitative estimate of drug-likeness (QED) is 0.437. The molecular weight excluding hydrogens is 438 g/mol. The van der Waals surface area contributed by atoms with Gasteiger partial charge in [0.15, 0.2) is 0 Å². The molecule has 2 amide bonds. The molecule has 0 spiro atoms. The molecule has 3 aromatic carbocycles. The molecule has 1 aliphatic rings. The molecule has 1 atom stereocenters. The third-order valence-corrected chi connectivity index (χ3v) is 6.92. The van der Waals surface area contributed by atoms with Gasteiger partial charge in [-0.15, -0.1) is 0 Å². The Bertz CT molecular complexity index is 1410. The van der Waals surface area contributed by atoms with Crippen LogP contribution in [-0.2, 0) is 24.3 Å². The van der Waals surface area contributed by atoms with Gasteiger partial charge in [-0.2, -0.15) is 0 Å². The van der Waals surface area contributed by atoms with Gasteiger partial charge in [0.1, 0.15) is 17.0 Å². The minimum absolute atomic E-state index is 0.188. The molecule has 0 aliphatic carbocycles. The van der Waals surface area contributed by atoms with E-state index in [1.54, 1.807) is 12.0 Å². The minimum atomic E-state index is -1.14. The van der Waals surface area contributed by atoms with Crippen LogP contribution in [0.1, 0.15) is 35.5 Å². The maximum Gasteiger partial charge on any atom is 0.275 e. The van der Waals surface area contributed by atoms with Gasteiger partial charge in [0.25, 0.3) is 5.91 Å². The lowest BCUT2D eigenvalue weighted by molar-refractivity contribution is -0.126. The van der Waals surface area contributed by atoms with Crippen LogP contribution in [0.15, 0.2) is 78.9 Å². The van der Waals surface area contributed by atoms with Crippen molar-refractivity contribution >= 4 is 28.4 Å². The van der Waals surface area contributed by atoms with Crippen LogP contribution in [0.4, 0.5) is 5.69 Å². The highest BCUT2D eigenvalue weighted by molar-refractivity contribution is 6.14. The van der Waals surface area contributed by atoms with Crippen LogP contribution in [0.25, 0.3) is 10.9 Å². The Hall–Kier alpha value is -4.06. The van der Waals surface area contributed by atoms with Crippen molar-refractivity contribution < 1.29 is 14.3 Å². The van der Waals surface area contributed by atoms with Crippen LogP contribution in [-0.4, -0.2) is 29.0 Å². The van der Waals surface area contributed by atoms with Gasteiger partial charge in [-0.3, -0.25) is 14.5 Å². The topological polar surface area (TPSA) is 63.6 Å². The molecule has 6 nitrogen and oxygen atoms in total. The standard InChI is InChI=1S/C29H29N3O3/c1-4-20-13-15-23(16-14-20)32-27(33)25-17-21-9-5-7-11-24(21)31(25)19-29(32,2)28(34)30-18-22-10-6-8-12-26(22)35-3/h5-17H,4,18-19H2,1-3H3,(H,30,34)/t29-/m1/s1. The van der Waals surface area contributed by atoms with Crippen LogP contribution in [0.2, 0.25) is 0 Å². The van der Waals surface area contributed by atoms with Gasteiger partial charge in [-0.1, -0.05) is 55.5 Å². The molecule has 6 heteroatoms. The zero-order valence-electron chi connectivity index (χ0n) is 20.2. The molecule has 35 heavy (non-hydrogen) atoms. The highest BCUT2D eigenvalue weighted by atomic mass is 16.5. The Morgan fingerprint density at radius 2 is 1.74 bits per heavy atom. The molecule has 0 fully saturated rings. The van der Waals surface area contributed by atoms with E-state index in [9.17, 15) is 9.59 Å². The number of nitrogens with zero attached hydrogens (tertiary/aromatic N) is 2. The third kappa shape index (κ3) is 3.85. The summed E-state index contributed by atoms with van der Waals surface area (Å²) in [5.41, 5.74) is 3.15. The average molecular weight is 468 g/mol. The van der Waals surface area contributed by atoms with E-state index in [0.717, 1.165) is 22.9 Å². The molecule has 0 unspecified atom stereocenters. The van der Waals surface area contributed by atoms with Crippen molar-refractivity contribution in [2.75, 3.05) is 12.0 Å². The Labute approximate surface area is 205 Å². The number of hydrogen-bond donors (Lipinski definition) is 1. The highest BCUT2D eigenvalue weighted by Crippen LogP contribution is 2.36. The fourth-order valence-electron chi connectivity index (χ4n) is 4.95. The number of para-hydroxylation sites is 2. The summed E-state index contributed by atoms with van der Waals surface area (Å²) >= 11 is 0. The van der Waals surface area contributed by atoms with Gasteiger partial charge in [0.05, 0.1) is 13.7 Å². The summed E-state index contributed by atoms with van der Waals surface area (Å²) in [4.78, 5) is 29.4. The van der Waals surface area contributed by atoms with Crippen molar-refractivity contribution in [1.29, 1.82) is 0 Å². The van der Waals surface area contributed by atoms with Gasteiger partial charge >= 0.3 is 0 Å². The maximum absolute atomic E-state index is 13.9. The first-order valence-electron chi connectivity index (χ1n) is 11.9. The number of carbonyl (C=O) groups excluding carboxylic acids is 2. The number of carbonyl (C=O) groups is 2. The first-order chi connectivity index (χ1) is 17.0. The van der Waals surface area contributed by atoms with E-state index < -0.39 is 5.54 Å². The summed E-state index contributed by atoms with van der Waals surface area (Å²) in [5.74, 6) is 0.301. The number of aryl methyl sites for hydroxylation is 1. The fraction of sp³-hybridized carbons (Fsp3) is 0.241. The Morgan fingerprint density at radius 1 is 1.03 bits per heavy atom. The smallest absolute Gasteiger partial charge is 0.275 e. The second-order valence-electron chi connectivity index (χ2n) is 9.10. The molecule has 0 bridgehead atoms. The first kappa shape index (κ1) is 22.7. The molecule has 4 aromatic rings. The van der Waals surface area contributed by atoms with Crippen LogP contribution >= 0.6 is 0 Å². The summed E-state index contributed by atoms with van der Waals surface area (Å²) in [6.07, 6.45) is 0.902. The number of amides is 2. The predicted octanol–water partition coefficient (Wildman–Crippen LogP) is 4.95. The van der Waals surface area contributed by atoms with Gasteiger partial charge in [0.2, 0.25) is 5.91 Å². The predicted molar refractivity (Wildman–Crippen MR) is 138 cm³/mol. The molecule has 1 aromatic heterocycles. The van der Waals surface area contributed by atoms with E-state index in [-0.39, 0.29) is 11.8 Å². The molecule has 2 heterocycles. The van der Waals surface area contributed by atoms with Crippen molar-refractivity contribution in [2.45, 2.75) is 38.9 Å². The monoisotopic (exact) mass is 467 g/mol. The second-order valence-corrected chi connectivity index (χ2v) is 9.10. The Balaban J connectivity index is 1.56. The third-order valence-electron chi connectivity index (χ3n) is 6.92. The summed E-state index contributed by atoms with van der Waals surface area (Å²) < 4.78 is 7.41. The lowest BCUT2D eigenvalue weighted by Crippen LogP contribution is -2.64. The van der Waals surface area contributed by atoms with Gasteiger partial charge < -0.3 is 14.6 Å². The number of nitrogens with one attached hydrogen (secondary N) is 1. The zero-order chi connectivity index (χ0) is 24.6. The molecule has 5 rings (SSSR count). The van der Waals surface area contributed by atoms with Gasteiger partial charge in [-0.05, 0) is 49.2 Å². The number of benzene rings is 3. The maximum atomic E-state index is 13.9. The van der Waals surface area contributed by atoms with E-state index in [4.69, 9.17) is 4.74 Å². The Kier molecular flexibility index (Phi) is 5.81. The van der Waals surface area contributed by atoms with E-state index in [0.29, 0.717) is 30.2 Å². The van der Waals surface area contributed by atoms with Crippen molar-refractivity contribution in [3.05, 3.63) is 95.7 Å². The molecular formula is C29H29N3O3. The number of fused-ring (bicyclic) bond motifs is 3. The van der Waals surface area contributed by atoms with Crippen molar-refractivity contribution in [3.8, 4) is 5.75 Å². The SMILES string of the molecule is CCc1ccc(N2C(=O)c3cc4ccccc4n3C[C@]2(C)C(=O)NCc2ccccc2OC)cc1. The van der Waals surface area contributed by atoms with Crippen LogP contribution < -0.4 is 15.0 Å².